The molecule has 170 valence electrons. The summed E-state index contributed by atoms with van der Waals surface area (Å²) in [6.45, 7) is 8.87. The van der Waals surface area contributed by atoms with E-state index < -0.39 is 5.97 Å². The van der Waals surface area contributed by atoms with Gasteiger partial charge in [0.1, 0.15) is 0 Å². The van der Waals surface area contributed by atoms with Crippen LogP contribution in [0.4, 0.5) is 5.69 Å². The highest BCUT2D eigenvalue weighted by atomic mass is 35.5. The topological polar surface area (TPSA) is 49.3 Å². The molecule has 1 aromatic rings. The van der Waals surface area contributed by atoms with Gasteiger partial charge in [-0.25, -0.2) is 0 Å². The Balaban J connectivity index is 1.72. The van der Waals surface area contributed by atoms with Crippen molar-refractivity contribution in [1.29, 1.82) is 0 Å². The van der Waals surface area contributed by atoms with Crippen molar-refractivity contribution in [3.8, 4) is 0 Å². The molecule has 0 heterocycles. The summed E-state index contributed by atoms with van der Waals surface area (Å²) < 4.78 is 0. The van der Waals surface area contributed by atoms with Crippen molar-refractivity contribution in [3.05, 3.63) is 51.5 Å². The lowest BCUT2D eigenvalue weighted by molar-refractivity contribution is -0.141. The lowest BCUT2D eigenvalue weighted by atomic mass is 9.85. The molecule has 0 aromatic heterocycles. The summed E-state index contributed by atoms with van der Waals surface area (Å²) in [6, 6.07) is 6.44. The monoisotopic (exact) mass is 463 g/mol. The van der Waals surface area contributed by atoms with Crippen molar-refractivity contribution in [1.82, 2.24) is 0 Å². The molecule has 1 saturated carbocycles. The van der Waals surface area contributed by atoms with Gasteiger partial charge in [-0.3, -0.25) is 4.79 Å². The summed E-state index contributed by atoms with van der Waals surface area (Å²) in [5, 5.41) is 14.8. The zero-order valence-electron chi connectivity index (χ0n) is 19.0. The molecule has 31 heavy (non-hydrogen) atoms. The first kappa shape index (κ1) is 24.2. The van der Waals surface area contributed by atoms with Crippen molar-refractivity contribution in [2.45, 2.75) is 65.8 Å². The van der Waals surface area contributed by atoms with Crippen LogP contribution in [0.3, 0.4) is 0 Å². The van der Waals surface area contributed by atoms with Gasteiger partial charge in [0, 0.05) is 21.8 Å². The lowest BCUT2D eigenvalue weighted by Gasteiger charge is -2.30. The number of hydrogen-bond acceptors (Lipinski definition) is 2. The molecular formula is C26H35Cl2NO2. The standard InChI is InChI=1S/C26H35Cl2NO2/c1-15(2)25(19-7-9-23(27)17(4)12-19)29-22-8-10-24(28)21(14-22)11-16(3)18-5-6-20(13-18)26(30)31/h7-10,14-18,20,25,29H,5-6,11-13H2,1-4H3,(H,30,31). The average molecular weight is 464 g/mol. The van der Waals surface area contributed by atoms with E-state index in [0.29, 0.717) is 23.7 Å². The van der Waals surface area contributed by atoms with Crippen LogP contribution in [0.5, 0.6) is 0 Å². The number of benzene rings is 1. The Bertz CT molecular complexity index is 861. The van der Waals surface area contributed by atoms with Crippen molar-refractivity contribution in [2.75, 3.05) is 5.32 Å². The van der Waals surface area contributed by atoms with Gasteiger partial charge in [0.15, 0.2) is 0 Å². The third-order valence-electron chi connectivity index (χ3n) is 7.07. The third kappa shape index (κ3) is 6.08. The summed E-state index contributed by atoms with van der Waals surface area (Å²) in [6.07, 6.45) is 8.60. The molecule has 5 unspecified atom stereocenters. The van der Waals surface area contributed by atoms with E-state index in [2.05, 4.69) is 51.2 Å². The number of hydrogen-bond donors (Lipinski definition) is 2. The summed E-state index contributed by atoms with van der Waals surface area (Å²) in [7, 11) is 0. The lowest BCUT2D eigenvalue weighted by Crippen LogP contribution is -2.29. The number of carbonyl (C=O) groups is 1. The first-order valence-electron chi connectivity index (χ1n) is 11.5. The smallest absolute Gasteiger partial charge is 0.306 e. The number of anilines is 1. The molecule has 0 aliphatic heterocycles. The predicted molar refractivity (Wildman–Crippen MR) is 131 cm³/mol. The summed E-state index contributed by atoms with van der Waals surface area (Å²) in [5.74, 6) is 0.813. The maximum absolute atomic E-state index is 11.3. The number of halogens is 2. The van der Waals surface area contributed by atoms with Crippen LogP contribution in [0.1, 0.15) is 58.9 Å². The van der Waals surface area contributed by atoms with Crippen LogP contribution in [-0.4, -0.2) is 17.1 Å². The Hall–Kier alpha value is -1.45. The van der Waals surface area contributed by atoms with Gasteiger partial charge in [-0.2, -0.15) is 0 Å². The summed E-state index contributed by atoms with van der Waals surface area (Å²) in [5.41, 5.74) is 3.59. The minimum absolute atomic E-state index is 0.184. The molecule has 0 spiro atoms. The zero-order chi connectivity index (χ0) is 22.7. The second-order valence-electron chi connectivity index (χ2n) is 9.86. The number of carboxylic acid groups (broad SMARTS) is 1. The van der Waals surface area contributed by atoms with Crippen LogP contribution in [0.2, 0.25) is 5.02 Å². The molecule has 0 bridgehead atoms. The van der Waals surface area contributed by atoms with Gasteiger partial charge < -0.3 is 10.4 Å². The Morgan fingerprint density at radius 1 is 1.19 bits per heavy atom. The molecule has 5 heteroatoms. The van der Waals surface area contributed by atoms with E-state index >= 15 is 0 Å². The molecular weight excluding hydrogens is 429 g/mol. The zero-order valence-corrected chi connectivity index (χ0v) is 20.5. The van der Waals surface area contributed by atoms with Gasteiger partial charge in [-0.15, -0.1) is 0 Å². The van der Waals surface area contributed by atoms with E-state index in [0.717, 1.165) is 53.4 Å². The van der Waals surface area contributed by atoms with E-state index in [1.165, 1.54) is 5.57 Å². The first-order valence-corrected chi connectivity index (χ1v) is 12.2. The highest BCUT2D eigenvalue weighted by molar-refractivity contribution is 6.31. The van der Waals surface area contributed by atoms with Gasteiger partial charge in [-0.1, -0.05) is 57.0 Å². The molecule has 1 fully saturated rings. The predicted octanol–water partition coefficient (Wildman–Crippen LogP) is 7.54. The SMILES string of the molecule is CC1CC(C(Nc2ccc(Cl)c(CC(C)C3CCC(C(=O)O)C3)c2)C(C)C)=CC=C1Cl. The van der Waals surface area contributed by atoms with Gasteiger partial charge in [-0.05, 0) is 91.2 Å². The van der Waals surface area contributed by atoms with Crippen molar-refractivity contribution in [2.24, 2.45) is 29.6 Å². The normalized spacial score (nSPS) is 25.7. The van der Waals surface area contributed by atoms with E-state index in [1.807, 2.05) is 12.1 Å². The fourth-order valence-corrected chi connectivity index (χ4v) is 5.39. The van der Waals surface area contributed by atoms with E-state index in [1.54, 1.807) is 0 Å². The van der Waals surface area contributed by atoms with E-state index in [-0.39, 0.29) is 12.0 Å². The Kier molecular flexibility index (Phi) is 8.15. The Morgan fingerprint density at radius 2 is 1.94 bits per heavy atom. The fourth-order valence-electron chi connectivity index (χ4n) is 5.06. The molecule has 0 saturated heterocycles. The molecule has 3 rings (SSSR count). The van der Waals surface area contributed by atoms with E-state index in [4.69, 9.17) is 23.2 Å². The second-order valence-corrected chi connectivity index (χ2v) is 10.7. The minimum Gasteiger partial charge on any atom is -0.481 e. The minimum atomic E-state index is -0.652. The summed E-state index contributed by atoms with van der Waals surface area (Å²) >= 11 is 12.8. The molecule has 5 atom stereocenters. The van der Waals surface area contributed by atoms with Crippen molar-refractivity contribution in [3.63, 3.8) is 0 Å². The number of rotatable bonds is 8. The molecule has 3 nitrogen and oxygen atoms in total. The van der Waals surface area contributed by atoms with Crippen LogP contribution < -0.4 is 5.32 Å². The van der Waals surface area contributed by atoms with Crippen LogP contribution >= 0.6 is 23.2 Å². The van der Waals surface area contributed by atoms with Gasteiger partial charge in [0.05, 0.1) is 5.92 Å². The van der Waals surface area contributed by atoms with E-state index in [9.17, 15) is 9.90 Å². The quantitative estimate of drug-likeness (QED) is 0.418. The van der Waals surface area contributed by atoms with Gasteiger partial charge in [0.2, 0.25) is 0 Å². The van der Waals surface area contributed by atoms with Crippen LogP contribution in [0.25, 0.3) is 0 Å². The van der Waals surface area contributed by atoms with Crippen molar-refractivity contribution >= 4 is 34.9 Å². The molecule has 2 aliphatic rings. The molecule has 0 radical (unpaired) electrons. The van der Waals surface area contributed by atoms with Gasteiger partial charge >= 0.3 is 5.97 Å². The average Bonchev–Trinajstić information content (AvgIpc) is 3.21. The third-order valence-corrected chi connectivity index (χ3v) is 7.94. The highest BCUT2D eigenvalue weighted by Gasteiger charge is 2.33. The maximum atomic E-state index is 11.3. The van der Waals surface area contributed by atoms with Crippen molar-refractivity contribution < 1.29 is 9.90 Å². The van der Waals surface area contributed by atoms with Crippen LogP contribution in [-0.2, 0) is 11.2 Å². The number of nitrogens with one attached hydrogen (secondary N) is 1. The Labute approximate surface area is 196 Å². The first-order chi connectivity index (χ1) is 14.7. The maximum Gasteiger partial charge on any atom is 0.306 e. The van der Waals surface area contributed by atoms with Gasteiger partial charge in [0.25, 0.3) is 0 Å². The number of carboxylic acids is 1. The largest absolute Gasteiger partial charge is 0.481 e. The van der Waals surface area contributed by atoms with Crippen LogP contribution in [0.15, 0.2) is 41.0 Å². The number of allylic oxidation sites excluding steroid dienone is 3. The fraction of sp³-hybridized carbons (Fsp3) is 0.577. The molecule has 2 N–H and O–H groups in total. The molecule has 0 amide bonds. The second kappa shape index (κ2) is 10.4. The molecule has 1 aromatic carbocycles. The number of aliphatic carboxylic acids is 1. The Morgan fingerprint density at radius 3 is 2.55 bits per heavy atom. The highest BCUT2D eigenvalue weighted by Crippen LogP contribution is 2.38. The summed E-state index contributed by atoms with van der Waals surface area (Å²) in [4.78, 5) is 11.3. The molecule has 2 aliphatic carbocycles. The van der Waals surface area contributed by atoms with Crippen LogP contribution in [0, 0.1) is 29.6 Å².